The summed E-state index contributed by atoms with van der Waals surface area (Å²) in [7, 11) is 3.47. The van der Waals surface area contributed by atoms with Gasteiger partial charge in [-0.2, -0.15) is 0 Å². The topological polar surface area (TPSA) is 97.9 Å². The summed E-state index contributed by atoms with van der Waals surface area (Å²) in [6.45, 7) is 4.74. The number of ether oxygens (including phenoxy) is 1. The van der Waals surface area contributed by atoms with E-state index < -0.39 is 10.8 Å². The summed E-state index contributed by atoms with van der Waals surface area (Å²) in [5, 5.41) is 11.0. The number of non-ortho nitro benzene ring substituents is 1. The number of carbonyl (C=O) groups is 2. The lowest BCUT2D eigenvalue weighted by Gasteiger charge is -2.31. The first kappa shape index (κ1) is 25.4. The fourth-order valence-corrected chi connectivity index (χ4v) is 3.44. The van der Waals surface area contributed by atoms with Crippen LogP contribution in [0, 0.1) is 10.1 Å². The number of nitrogens with zero attached hydrogens (tertiary/aromatic N) is 4. The summed E-state index contributed by atoms with van der Waals surface area (Å²) in [6.07, 6.45) is 2.53. The van der Waals surface area contributed by atoms with E-state index in [1.54, 1.807) is 12.0 Å². The Morgan fingerprint density at radius 1 is 1.31 bits per heavy atom. The molecule has 1 aromatic carbocycles. The predicted octanol–water partition coefficient (Wildman–Crippen LogP) is 3.50. The molecule has 32 heavy (non-hydrogen) atoms. The Kier molecular flexibility index (Phi) is 9.22. The van der Waals surface area contributed by atoms with Crippen molar-refractivity contribution >= 4 is 29.1 Å². The van der Waals surface area contributed by atoms with Crippen LogP contribution in [-0.4, -0.2) is 64.0 Å². The molecular weight excluding hydrogens is 436 g/mol. The molecule has 174 valence electrons. The maximum absolute atomic E-state index is 13.3. The van der Waals surface area contributed by atoms with Gasteiger partial charge >= 0.3 is 0 Å². The van der Waals surface area contributed by atoms with Gasteiger partial charge in [0.15, 0.2) is 0 Å². The Morgan fingerprint density at radius 2 is 2.03 bits per heavy atom. The predicted molar refractivity (Wildman–Crippen MR) is 122 cm³/mol. The van der Waals surface area contributed by atoms with E-state index in [9.17, 15) is 19.7 Å². The molecule has 9 nitrogen and oxygen atoms in total. The number of rotatable bonds is 11. The molecule has 1 atom stereocenters. The second-order valence-corrected chi connectivity index (χ2v) is 7.94. The van der Waals surface area contributed by atoms with Crippen LogP contribution in [0.25, 0.3) is 0 Å². The zero-order valence-electron chi connectivity index (χ0n) is 18.8. The number of amides is 2. The highest BCUT2D eigenvalue weighted by molar-refractivity contribution is 6.34. The fraction of sp³-hybridized carbons (Fsp3) is 0.455. The van der Waals surface area contributed by atoms with Crippen molar-refractivity contribution in [1.82, 2.24) is 14.4 Å². The minimum Gasteiger partial charge on any atom is -0.383 e. The molecule has 2 aromatic rings. The Bertz CT molecular complexity index is 962. The molecule has 0 aliphatic heterocycles. The van der Waals surface area contributed by atoms with Gasteiger partial charge in [0, 0.05) is 50.8 Å². The van der Waals surface area contributed by atoms with Crippen molar-refractivity contribution in [2.45, 2.75) is 32.9 Å². The van der Waals surface area contributed by atoms with E-state index in [0.717, 1.165) is 11.8 Å². The lowest BCUT2D eigenvalue weighted by atomic mass is 10.1. The highest BCUT2D eigenvalue weighted by atomic mass is 35.5. The molecule has 2 amide bonds. The van der Waals surface area contributed by atoms with Gasteiger partial charge in [-0.25, -0.2) is 0 Å². The number of hydrogen-bond donors (Lipinski definition) is 0. The van der Waals surface area contributed by atoms with E-state index in [0.29, 0.717) is 26.1 Å². The van der Waals surface area contributed by atoms with Crippen molar-refractivity contribution in [3.8, 4) is 0 Å². The zero-order valence-corrected chi connectivity index (χ0v) is 19.5. The van der Waals surface area contributed by atoms with Gasteiger partial charge < -0.3 is 19.1 Å². The first-order valence-electron chi connectivity index (χ1n) is 10.3. The van der Waals surface area contributed by atoms with Gasteiger partial charge in [-0.3, -0.25) is 19.7 Å². The standard InChI is InChI=1S/C22H29ClN4O5/c1-5-16(2)26(22(29)19-9-8-17(27(30)31)13-20(19)23)15-21(28)25(11-12-32-4)14-18-7-6-10-24(18)3/h6-10,13,16H,5,11-12,14-15H2,1-4H3. The number of aromatic nitrogens is 1. The van der Waals surface area contributed by atoms with E-state index >= 15 is 0 Å². The molecular formula is C22H29ClN4O5. The maximum Gasteiger partial charge on any atom is 0.270 e. The number of nitro benzene ring substituents is 1. The summed E-state index contributed by atoms with van der Waals surface area (Å²) in [5.41, 5.74) is 0.872. The second kappa shape index (κ2) is 11.6. The van der Waals surface area contributed by atoms with Crippen LogP contribution in [0.2, 0.25) is 5.02 Å². The molecule has 0 aliphatic carbocycles. The van der Waals surface area contributed by atoms with Crippen molar-refractivity contribution in [3.05, 3.63) is 62.9 Å². The van der Waals surface area contributed by atoms with Gasteiger partial charge in [0.05, 0.1) is 28.7 Å². The lowest BCUT2D eigenvalue weighted by Crippen LogP contribution is -2.47. The Hall–Kier alpha value is -2.91. The minimum absolute atomic E-state index is 0.0231. The summed E-state index contributed by atoms with van der Waals surface area (Å²) in [5.74, 6) is -0.673. The highest BCUT2D eigenvalue weighted by Gasteiger charge is 2.28. The fourth-order valence-electron chi connectivity index (χ4n) is 3.19. The average Bonchev–Trinajstić information content (AvgIpc) is 3.17. The Morgan fingerprint density at radius 3 is 2.56 bits per heavy atom. The van der Waals surface area contributed by atoms with Gasteiger partial charge in [-0.1, -0.05) is 18.5 Å². The number of nitro groups is 1. The van der Waals surface area contributed by atoms with E-state index in [1.165, 1.54) is 17.0 Å². The molecule has 0 fully saturated rings. The molecule has 1 heterocycles. The van der Waals surface area contributed by atoms with Crippen molar-refractivity contribution in [3.63, 3.8) is 0 Å². The average molecular weight is 465 g/mol. The first-order chi connectivity index (χ1) is 15.2. The van der Waals surface area contributed by atoms with Crippen molar-refractivity contribution in [2.75, 3.05) is 26.8 Å². The van der Waals surface area contributed by atoms with Crippen LogP contribution in [0.5, 0.6) is 0 Å². The van der Waals surface area contributed by atoms with E-state index in [-0.39, 0.29) is 34.8 Å². The van der Waals surface area contributed by atoms with Crippen molar-refractivity contribution < 1.29 is 19.2 Å². The third-order valence-corrected chi connectivity index (χ3v) is 5.72. The smallest absolute Gasteiger partial charge is 0.270 e. The van der Waals surface area contributed by atoms with E-state index in [2.05, 4.69) is 0 Å². The van der Waals surface area contributed by atoms with E-state index in [4.69, 9.17) is 16.3 Å². The molecule has 10 heteroatoms. The maximum atomic E-state index is 13.3. The quantitative estimate of drug-likeness (QED) is 0.374. The highest BCUT2D eigenvalue weighted by Crippen LogP contribution is 2.25. The van der Waals surface area contributed by atoms with Crippen LogP contribution < -0.4 is 0 Å². The van der Waals surface area contributed by atoms with Crippen LogP contribution in [0.1, 0.15) is 36.3 Å². The van der Waals surface area contributed by atoms with Gasteiger partial charge in [0.2, 0.25) is 5.91 Å². The Balaban J connectivity index is 2.27. The number of methoxy groups -OCH3 is 1. The zero-order chi connectivity index (χ0) is 23.8. The molecule has 0 radical (unpaired) electrons. The van der Waals surface area contributed by atoms with Gasteiger partial charge in [0.25, 0.3) is 11.6 Å². The third-order valence-electron chi connectivity index (χ3n) is 5.41. The van der Waals surface area contributed by atoms with Crippen LogP contribution in [0.3, 0.4) is 0 Å². The van der Waals surface area contributed by atoms with Crippen LogP contribution in [0.15, 0.2) is 36.5 Å². The van der Waals surface area contributed by atoms with Crippen molar-refractivity contribution in [1.29, 1.82) is 0 Å². The molecule has 0 bridgehead atoms. The monoisotopic (exact) mass is 464 g/mol. The van der Waals surface area contributed by atoms with Gasteiger partial charge in [-0.05, 0) is 31.5 Å². The number of aryl methyl sites for hydroxylation is 1. The van der Waals surface area contributed by atoms with Crippen LogP contribution in [-0.2, 0) is 23.1 Å². The molecule has 0 saturated heterocycles. The minimum atomic E-state index is -0.576. The first-order valence-corrected chi connectivity index (χ1v) is 10.7. The lowest BCUT2D eigenvalue weighted by molar-refractivity contribution is -0.384. The van der Waals surface area contributed by atoms with Crippen LogP contribution in [0.4, 0.5) is 5.69 Å². The van der Waals surface area contributed by atoms with Gasteiger partial charge in [-0.15, -0.1) is 0 Å². The second-order valence-electron chi connectivity index (χ2n) is 7.53. The van der Waals surface area contributed by atoms with Gasteiger partial charge in [0.1, 0.15) is 6.54 Å². The summed E-state index contributed by atoms with van der Waals surface area (Å²) in [4.78, 5) is 40.0. The summed E-state index contributed by atoms with van der Waals surface area (Å²) in [6, 6.07) is 7.30. The molecule has 1 aromatic heterocycles. The number of benzene rings is 1. The molecule has 0 N–H and O–H groups in total. The summed E-state index contributed by atoms with van der Waals surface area (Å²) < 4.78 is 7.09. The largest absolute Gasteiger partial charge is 0.383 e. The number of carbonyl (C=O) groups excluding carboxylic acids is 2. The number of hydrogen-bond acceptors (Lipinski definition) is 5. The molecule has 1 unspecified atom stereocenters. The van der Waals surface area contributed by atoms with Crippen molar-refractivity contribution in [2.24, 2.45) is 7.05 Å². The molecule has 2 rings (SSSR count). The molecule has 0 spiro atoms. The van der Waals surface area contributed by atoms with Crippen LogP contribution >= 0.6 is 11.6 Å². The van der Waals surface area contributed by atoms with E-state index in [1.807, 2.05) is 43.8 Å². The number of halogens is 1. The SMILES string of the molecule is CCC(C)N(CC(=O)N(CCOC)Cc1cccn1C)C(=O)c1ccc([N+](=O)[O-])cc1Cl. The normalized spacial score (nSPS) is 11.8. The molecule has 0 aliphatic rings. The summed E-state index contributed by atoms with van der Waals surface area (Å²) >= 11 is 6.17. The molecule has 0 saturated carbocycles. The third kappa shape index (κ3) is 6.30. The Labute approximate surface area is 192 Å².